The standard InChI is InChI=1S/C11H18N2O3/c1-2-15-10(14)6-8-3-4-13-9(5-8)7-16-11(13)12/h8-9,12H,2-7H2,1H3/t8-,9+/m0/s1. The van der Waals surface area contributed by atoms with Crippen LogP contribution in [0.5, 0.6) is 0 Å². The molecule has 0 aromatic carbocycles. The first-order valence-corrected chi connectivity index (χ1v) is 5.84. The molecule has 5 nitrogen and oxygen atoms in total. The van der Waals surface area contributed by atoms with Crippen molar-refractivity contribution in [3.05, 3.63) is 0 Å². The number of piperidine rings is 1. The average molecular weight is 226 g/mol. The first-order valence-electron chi connectivity index (χ1n) is 5.84. The van der Waals surface area contributed by atoms with Crippen LogP contribution in [0, 0.1) is 11.3 Å². The van der Waals surface area contributed by atoms with Gasteiger partial charge in [-0.15, -0.1) is 0 Å². The molecule has 0 aliphatic carbocycles. The molecule has 2 aliphatic heterocycles. The minimum absolute atomic E-state index is 0.102. The summed E-state index contributed by atoms with van der Waals surface area (Å²) >= 11 is 0. The maximum absolute atomic E-state index is 11.4. The minimum atomic E-state index is -0.102. The van der Waals surface area contributed by atoms with Crippen molar-refractivity contribution in [2.75, 3.05) is 19.8 Å². The molecule has 0 aromatic rings. The molecular weight excluding hydrogens is 208 g/mol. The second-order valence-electron chi connectivity index (χ2n) is 4.36. The van der Waals surface area contributed by atoms with Gasteiger partial charge in [-0.1, -0.05) is 0 Å². The highest BCUT2D eigenvalue weighted by atomic mass is 16.5. The van der Waals surface area contributed by atoms with E-state index in [0.29, 0.717) is 37.6 Å². The molecule has 90 valence electrons. The van der Waals surface area contributed by atoms with Gasteiger partial charge in [-0.3, -0.25) is 10.2 Å². The van der Waals surface area contributed by atoms with Crippen molar-refractivity contribution in [3.8, 4) is 0 Å². The van der Waals surface area contributed by atoms with Gasteiger partial charge in [0, 0.05) is 13.0 Å². The predicted octanol–water partition coefficient (Wildman–Crippen LogP) is 0.985. The molecule has 2 heterocycles. The monoisotopic (exact) mass is 226 g/mol. The fraction of sp³-hybridized carbons (Fsp3) is 0.818. The Morgan fingerprint density at radius 2 is 2.50 bits per heavy atom. The van der Waals surface area contributed by atoms with Crippen LogP contribution in [0.2, 0.25) is 0 Å². The van der Waals surface area contributed by atoms with Crippen LogP contribution in [-0.2, 0) is 14.3 Å². The molecule has 2 fully saturated rings. The van der Waals surface area contributed by atoms with Crippen molar-refractivity contribution in [1.29, 1.82) is 5.41 Å². The number of ether oxygens (including phenoxy) is 2. The number of carbonyl (C=O) groups is 1. The van der Waals surface area contributed by atoms with Crippen molar-refractivity contribution in [1.82, 2.24) is 4.90 Å². The lowest BCUT2D eigenvalue weighted by atomic mass is 9.89. The van der Waals surface area contributed by atoms with E-state index in [4.69, 9.17) is 14.9 Å². The normalized spacial score (nSPS) is 28.6. The number of fused-ring (bicyclic) bond motifs is 1. The first-order chi connectivity index (χ1) is 7.70. The van der Waals surface area contributed by atoms with Crippen LogP contribution in [0.1, 0.15) is 26.2 Å². The molecule has 0 aromatic heterocycles. The number of esters is 1. The van der Waals surface area contributed by atoms with Gasteiger partial charge in [0.05, 0.1) is 12.6 Å². The van der Waals surface area contributed by atoms with Crippen LogP contribution in [0.4, 0.5) is 0 Å². The number of carbonyl (C=O) groups excluding carboxylic acids is 1. The van der Waals surface area contributed by atoms with Gasteiger partial charge >= 0.3 is 5.97 Å². The van der Waals surface area contributed by atoms with Gasteiger partial charge in [0.15, 0.2) is 0 Å². The van der Waals surface area contributed by atoms with Crippen molar-refractivity contribution in [2.45, 2.75) is 32.2 Å². The summed E-state index contributed by atoms with van der Waals surface area (Å²) in [6.07, 6.45) is 2.38. The lowest BCUT2D eigenvalue weighted by Crippen LogP contribution is -2.41. The second-order valence-corrected chi connectivity index (χ2v) is 4.36. The topological polar surface area (TPSA) is 62.6 Å². The molecule has 16 heavy (non-hydrogen) atoms. The summed E-state index contributed by atoms with van der Waals surface area (Å²) in [5.74, 6) is 0.282. The Labute approximate surface area is 95.2 Å². The van der Waals surface area contributed by atoms with E-state index >= 15 is 0 Å². The van der Waals surface area contributed by atoms with Crippen molar-refractivity contribution in [3.63, 3.8) is 0 Å². The zero-order valence-electron chi connectivity index (χ0n) is 9.57. The molecule has 0 bridgehead atoms. The molecule has 2 aliphatic rings. The molecule has 2 atom stereocenters. The van der Waals surface area contributed by atoms with Gasteiger partial charge in [-0.2, -0.15) is 0 Å². The smallest absolute Gasteiger partial charge is 0.306 e. The minimum Gasteiger partial charge on any atom is -0.466 e. The lowest BCUT2D eigenvalue weighted by molar-refractivity contribution is -0.144. The number of nitrogens with zero attached hydrogens (tertiary/aromatic N) is 1. The Morgan fingerprint density at radius 1 is 1.69 bits per heavy atom. The van der Waals surface area contributed by atoms with Gasteiger partial charge in [0.25, 0.3) is 6.02 Å². The van der Waals surface area contributed by atoms with E-state index in [1.165, 1.54) is 0 Å². The third-order valence-electron chi connectivity index (χ3n) is 3.26. The summed E-state index contributed by atoms with van der Waals surface area (Å²) in [5.41, 5.74) is 0. The maximum Gasteiger partial charge on any atom is 0.306 e. The zero-order chi connectivity index (χ0) is 11.5. The van der Waals surface area contributed by atoms with Crippen molar-refractivity contribution in [2.24, 2.45) is 5.92 Å². The maximum atomic E-state index is 11.4. The average Bonchev–Trinajstić information content (AvgIpc) is 2.60. The molecule has 2 saturated heterocycles. The number of nitrogens with one attached hydrogen (secondary N) is 1. The highest BCUT2D eigenvalue weighted by Gasteiger charge is 2.36. The highest BCUT2D eigenvalue weighted by molar-refractivity contribution is 5.73. The second kappa shape index (κ2) is 4.72. The fourth-order valence-electron chi connectivity index (χ4n) is 2.46. The third kappa shape index (κ3) is 2.28. The largest absolute Gasteiger partial charge is 0.466 e. The van der Waals surface area contributed by atoms with Crippen LogP contribution in [-0.4, -0.2) is 42.7 Å². The van der Waals surface area contributed by atoms with Gasteiger partial charge in [-0.05, 0) is 25.7 Å². The van der Waals surface area contributed by atoms with Crippen molar-refractivity contribution >= 4 is 12.0 Å². The number of hydrogen-bond donors (Lipinski definition) is 1. The molecule has 0 amide bonds. The summed E-state index contributed by atoms with van der Waals surface area (Å²) in [7, 11) is 0. The van der Waals surface area contributed by atoms with Crippen LogP contribution in [0.25, 0.3) is 0 Å². The molecule has 0 unspecified atom stereocenters. The molecule has 1 N–H and O–H groups in total. The quantitative estimate of drug-likeness (QED) is 0.729. The van der Waals surface area contributed by atoms with Gasteiger partial charge in [-0.25, -0.2) is 0 Å². The summed E-state index contributed by atoms with van der Waals surface area (Å²) in [6.45, 7) is 3.70. The van der Waals surface area contributed by atoms with Crippen LogP contribution in [0.3, 0.4) is 0 Å². The number of hydrogen-bond acceptors (Lipinski definition) is 4. The van der Waals surface area contributed by atoms with E-state index in [1.54, 1.807) is 0 Å². The van der Waals surface area contributed by atoms with Gasteiger partial charge < -0.3 is 14.4 Å². The SMILES string of the molecule is CCOC(=O)C[C@H]1CCN2C(=N)OC[C@H]2C1. The summed E-state index contributed by atoms with van der Waals surface area (Å²) in [6, 6.07) is 0.584. The van der Waals surface area contributed by atoms with E-state index < -0.39 is 0 Å². The Balaban J connectivity index is 1.83. The summed E-state index contributed by atoms with van der Waals surface area (Å²) < 4.78 is 10.1. The van der Waals surface area contributed by atoms with E-state index in [2.05, 4.69) is 0 Å². The molecule has 0 radical (unpaired) electrons. The highest BCUT2D eigenvalue weighted by Crippen LogP contribution is 2.29. The summed E-state index contributed by atoms with van der Waals surface area (Å²) in [4.78, 5) is 13.3. The zero-order valence-corrected chi connectivity index (χ0v) is 9.57. The molecule has 0 spiro atoms. The number of rotatable bonds is 3. The van der Waals surface area contributed by atoms with Crippen LogP contribution in [0.15, 0.2) is 0 Å². The Bertz CT molecular complexity index is 293. The van der Waals surface area contributed by atoms with E-state index in [9.17, 15) is 4.79 Å². The van der Waals surface area contributed by atoms with E-state index in [0.717, 1.165) is 19.4 Å². The van der Waals surface area contributed by atoms with Crippen molar-refractivity contribution < 1.29 is 14.3 Å². The fourth-order valence-corrected chi connectivity index (χ4v) is 2.46. The molecule has 2 rings (SSSR count). The van der Waals surface area contributed by atoms with Crippen LogP contribution >= 0.6 is 0 Å². The first kappa shape index (κ1) is 11.2. The van der Waals surface area contributed by atoms with Gasteiger partial charge in [0.2, 0.25) is 0 Å². The third-order valence-corrected chi connectivity index (χ3v) is 3.26. The Hall–Kier alpha value is -1.26. The predicted molar refractivity (Wildman–Crippen MR) is 58.1 cm³/mol. The Morgan fingerprint density at radius 3 is 3.25 bits per heavy atom. The lowest BCUT2D eigenvalue weighted by Gasteiger charge is -2.32. The van der Waals surface area contributed by atoms with Crippen LogP contribution < -0.4 is 0 Å². The number of amidine groups is 1. The molecule has 0 saturated carbocycles. The molecule has 5 heteroatoms. The van der Waals surface area contributed by atoms with E-state index in [1.807, 2.05) is 11.8 Å². The van der Waals surface area contributed by atoms with Gasteiger partial charge in [0.1, 0.15) is 6.61 Å². The Kier molecular flexibility index (Phi) is 3.31. The summed E-state index contributed by atoms with van der Waals surface area (Å²) in [5, 5.41) is 7.56. The molecular formula is C11H18N2O3. The van der Waals surface area contributed by atoms with E-state index in [-0.39, 0.29) is 5.97 Å².